The van der Waals surface area contributed by atoms with Crippen LogP contribution in [0.3, 0.4) is 0 Å². The predicted molar refractivity (Wildman–Crippen MR) is 228 cm³/mol. The SMILES string of the molecule is [2H]C([2H])([2H])c1cc(-c2[c-]ccc3c2oc2cc(-c4ccccc4)ccc23)ncc1-c1ccccc1.[CH3][Ge]([CH3])([CH3])[c]1ccc(-c2[c-]ccc(-c3ccccc3)c2)nc1.[Ir]. The van der Waals surface area contributed by atoms with Crippen molar-refractivity contribution in [3.05, 3.63) is 188 Å². The fraction of sp³-hybridized carbons (Fsp3) is 0.0800. The van der Waals surface area contributed by atoms with Gasteiger partial charge in [0.2, 0.25) is 0 Å². The van der Waals surface area contributed by atoms with Crippen molar-refractivity contribution in [3.63, 3.8) is 0 Å². The average molecular weight is 953 g/mol. The summed E-state index contributed by atoms with van der Waals surface area (Å²) < 4.78 is 32.2. The van der Waals surface area contributed by atoms with Crippen LogP contribution in [-0.4, -0.2) is 23.2 Å². The summed E-state index contributed by atoms with van der Waals surface area (Å²) in [5.74, 6) is 7.16. The van der Waals surface area contributed by atoms with Crippen molar-refractivity contribution in [3.8, 4) is 55.9 Å². The molecule has 0 fully saturated rings. The topological polar surface area (TPSA) is 38.9 Å². The summed E-state index contributed by atoms with van der Waals surface area (Å²) in [5, 5.41) is 1.93. The first kappa shape index (κ1) is 34.1. The van der Waals surface area contributed by atoms with Crippen LogP contribution in [-0.2, 0) is 20.1 Å². The molecule has 9 rings (SSSR count). The Morgan fingerprint density at radius 1 is 0.564 bits per heavy atom. The maximum absolute atomic E-state index is 8.15. The molecule has 0 aliphatic heterocycles. The maximum atomic E-state index is 8.15. The van der Waals surface area contributed by atoms with E-state index in [-0.39, 0.29) is 25.7 Å². The van der Waals surface area contributed by atoms with Crippen LogP contribution in [0.15, 0.2) is 175 Å². The molecule has 6 aromatic carbocycles. The van der Waals surface area contributed by atoms with Crippen molar-refractivity contribution in [2.24, 2.45) is 0 Å². The molecule has 3 nitrogen and oxygen atoms in total. The molecule has 0 spiro atoms. The van der Waals surface area contributed by atoms with Crippen LogP contribution in [0.1, 0.15) is 9.68 Å². The van der Waals surface area contributed by atoms with Crippen LogP contribution in [0, 0.1) is 19.0 Å². The Kier molecular flexibility index (Phi) is 10.3. The molecular formula is C50H40GeIrN2O-2. The van der Waals surface area contributed by atoms with Gasteiger partial charge in [-0.3, -0.25) is 0 Å². The number of aromatic nitrogens is 2. The molecule has 0 aliphatic carbocycles. The Balaban J connectivity index is 0.000000192. The number of pyridine rings is 2. The zero-order valence-corrected chi connectivity index (χ0v) is 35.3. The third-order valence-electron chi connectivity index (χ3n) is 9.60. The van der Waals surface area contributed by atoms with Crippen molar-refractivity contribution < 1.29 is 28.6 Å². The smallest absolute Gasteiger partial charge is 0 e. The molecule has 9 aromatic rings. The summed E-state index contributed by atoms with van der Waals surface area (Å²) in [6, 6.07) is 58.8. The van der Waals surface area contributed by atoms with E-state index in [1.807, 2.05) is 78.9 Å². The van der Waals surface area contributed by atoms with Crippen molar-refractivity contribution >= 4 is 39.6 Å². The van der Waals surface area contributed by atoms with E-state index in [1.54, 1.807) is 12.3 Å². The third-order valence-corrected chi connectivity index (χ3v) is 13.9. The summed E-state index contributed by atoms with van der Waals surface area (Å²) in [5.41, 5.74) is 10.9. The zero-order valence-electron chi connectivity index (χ0n) is 33.8. The maximum Gasteiger partial charge on any atom is 0 e. The second kappa shape index (κ2) is 16.5. The normalized spacial score (nSPS) is 12.2. The van der Waals surface area contributed by atoms with Crippen molar-refractivity contribution in [1.82, 2.24) is 9.97 Å². The Bertz CT molecular complexity index is 2800. The number of nitrogens with zero attached hydrogens (tertiary/aromatic N) is 2. The standard InChI is InChI=1S/C30H20NO.C20H20GeN.Ir/c1-20-17-28(31-19-27(20)22-11-6-3-7-12-22)26-14-8-13-25-24-16-15-23(18-29(24)32-30(25)26)21-9-4-2-5-10-21;1-21(2,3)19-12-13-20(22-15-19)18-11-7-10-17(14-18)16-8-5-4-6-9-16;/h2-13,15-19H,1H3;4-10,12-15H,1-3H3;/q2*-1;/i1D3;;. The summed E-state index contributed by atoms with van der Waals surface area (Å²) in [6.45, 7) is -2.30. The molecule has 1 radical (unpaired) electrons. The number of rotatable bonds is 6. The molecule has 3 aromatic heterocycles. The van der Waals surface area contributed by atoms with Gasteiger partial charge in [0.1, 0.15) is 5.58 Å². The van der Waals surface area contributed by atoms with E-state index in [1.165, 1.54) is 15.5 Å². The van der Waals surface area contributed by atoms with Crippen LogP contribution < -0.4 is 4.40 Å². The fourth-order valence-corrected chi connectivity index (χ4v) is 8.78. The van der Waals surface area contributed by atoms with Crippen molar-refractivity contribution in [1.29, 1.82) is 0 Å². The first-order chi connectivity index (χ1) is 27.5. The van der Waals surface area contributed by atoms with Gasteiger partial charge in [-0.2, -0.15) is 0 Å². The molecular weight excluding hydrogens is 909 g/mol. The van der Waals surface area contributed by atoms with Crippen LogP contribution in [0.5, 0.6) is 0 Å². The number of hydrogen-bond acceptors (Lipinski definition) is 3. The van der Waals surface area contributed by atoms with E-state index in [9.17, 15) is 0 Å². The van der Waals surface area contributed by atoms with Gasteiger partial charge in [-0.25, -0.2) is 0 Å². The molecule has 3 heterocycles. The van der Waals surface area contributed by atoms with Crippen molar-refractivity contribution in [2.45, 2.75) is 24.1 Å². The molecule has 0 bridgehead atoms. The van der Waals surface area contributed by atoms with Gasteiger partial charge in [-0.05, 0) is 40.9 Å². The number of aryl methyl sites for hydroxylation is 1. The minimum absolute atomic E-state index is 0. The number of furan rings is 1. The van der Waals surface area contributed by atoms with Gasteiger partial charge in [0.15, 0.2) is 0 Å². The van der Waals surface area contributed by atoms with Gasteiger partial charge in [0.05, 0.1) is 5.58 Å². The second-order valence-electron chi connectivity index (χ2n) is 14.3. The van der Waals surface area contributed by atoms with Crippen LogP contribution in [0.2, 0.25) is 17.3 Å². The quantitative estimate of drug-likeness (QED) is 0.123. The Labute approximate surface area is 344 Å². The molecule has 5 heteroatoms. The van der Waals surface area contributed by atoms with E-state index in [4.69, 9.17) is 8.53 Å². The average Bonchev–Trinajstić information content (AvgIpc) is 3.62. The Morgan fingerprint density at radius 3 is 1.84 bits per heavy atom. The zero-order chi connectivity index (χ0) is 39.6. The second-order valence-corrected chi connectivity index (χ2v) is 24.9. The van der Waals surface area contributed by atoms with E-state index in [2.05, 4.69) is 118 Å². The van der Waals surface area contributed by atoms with E-state index in [0.29, 0.717) is 22.4 Å². The largest absolute Gasteiger partial charge is 0 e. The summed E-state index contributed by atoms with van der Waals surface area (Å²) >= 11 is -1.79. The fourth-order valence-electron chi connectivity index (χ4n) is 6.60. The molecule has 0 amide bonds. The van der Waals surface area contributed by atoms with Gasteiger partial charge in [0, 0.05) is 41.4 Å². The van der Waals surface area contributed by atoms with Gasteiger partial charge >= 0.3 is 135 Å². The minimum Gasteiger partial charge on any atom is 0 e. The summed E-state index contributed by atoms with van der Waals surface area (Å²) in [7, 11) is 0. The van der Waals surface area contributed by atoms with Crippen molar-refractivity contribution in [2.75, 3.05) is 0 Å². The van der Waals surface area contributed by atoms with Crippen LogP contribution in [0.4, 0.5) is 0 Å². The minimum atomic E-state index is -2.30. The van der Waals surface area contributed by atoms with E-state index in [0.717, 1.165) is 44.3 Å². The van der Waals surface area contributed by atoms with Crippen LogP contribution in [0.25, 0.3) is 77.8 Å². The summed E-state index contributed by atoms with van der Waals surface area (Å²) in [6.07, 6.45) is 3.69. The molecule has 0 saturated heterocycles. The Hall–Kier alpha value is -5.39. The molecule has 0 aliphatic rings. The molecule has 0 saturated carbocycles. The molecule has 271 valence electrons. The number of hydrogen-bond donors (Lipinski definition) is 0. The Morgan fingerprint density at radius 2 is 1.20 bits per heavy atom. The number of fused-ring (bicyclic) bond motifs is 3. The van der Waals surface area contributed by atoms with Gasteiger partial charge in [-0.1, -0.05) is 89.8 Å². The van der Waals surface area contributed by atoms with E-state index >= 15 is 0 Å². The predicted octanol–water partition coefficient (Wildman–Crippen LogP) is 12.8. The summed E-state index contributed by atoms with van der Waals surface area (Å²) in [4.78, 5) is 9.31. The van der Waals surface area contributed by atoms with Gasteiger partial charge in [-0.15, -0.1) is 18.2 Å². The third kappa shape index (κ3) is 8.33. The number of benzene rings is 6. The first-order valence-electron chi connectivity index (χ1n) is 19.6. The first-order valence-corrected chi connectivity index (χ1v) is 25.4. The molecule has 0 atom stereocenters. The van der Waals surface area contributed by atoms with Crippen LogP contribution >= 0.6 is 0 Å². The monoisotopic (exact) mass is 954 g/mol. The molecule has 0 N–H and O–H groups in total. The van der Waals surface area contributed by atoms with E-state index < -0.39 is 20.1 Å². The molecule has 0 unspecified atom stereocenters. The van der Waals surface area contributed by atoms with Gasteiger partial charge < -0.3 is 9.40 Å². The van der Waals surface area contributed by atoms with Gasteiger partial charge in [0.25, 0.3) is 0 Å². The molecule has 55 heavy (non-hydrogen) atoms.